The Hall–Kier alpha value is -4.15. The van der Waals surface area contributed by atoms with Crippen molar-refractivity contribution in [1.82, 2.24) is 15.3 Å². The monoisotopic (exact) mass is 461 g/mol. The number of benzene rings is 2. The lowest BCUT2D eigenvalue weighted by Crippen LogP contribution is -2.30. The Kier molecular flexibility index (Phi) is 5.62. The number of nitrogens with zero attached hydrogens (tertiary/aromatic N) is 1. The lowest BCUT2D eigenvalue weighted by molar-refractivity contribution is -0.275. The molecule has 4 rings (SSSR count). The van der Waals surface area contributed by atoms with Gasteiger partial charge in [-0.3, -0.25) is 14.8 Å². The van der Waals surface area contributed by atoms with E-state index in [0.717, 1.165) is 12.1 Å². The minimum Gasteiger partial charge on any atom is -0.408 e. The van der Waals surface area contributed by atoms with Crippen molar-refractivity contribution in [2.75, 3.05) is 0 Å². The molecule has 0 spiro atoms. The van der Waals surface area contributed by atoms with Crippen LogP contribution < -0.4 is 15.8 Å². The fraction of sp³-hybridized carbons (Fsp3) is 0.136. The molecule has 0 aliphatic carbocycles. The first-order valence-electron chi connectivity index (χ1n) is 9.51. The van der Waals surface area contributed by atoms with Crippen LogP contribution in [0.1, 0.15) is 33.2 Å². The highest BCUT2D eigenvalue weighted by atomic mass is 19.4. The number of fused-ring (bicyclic) bond motifs is 1. The fourth-order valence-electron chi connectivity index (χ4n) is 3.32. The summed E-state index contributed by atoms with van der Waals surface area (Å²) in [6.07, 6.45) is -3.58. The highest BCUT2D eigenvalue weighted by molar-refractivity contribution is 5.97. The summed E-state index contributed by atoms with van der Waals surface area (Å²) in [5, 5.41) is 2.72. The third kappa shape index (κ3) is 4.86. The van der Waals surface area contributed by atoms with Gasteiger partial charge in [0.1, 0.15) is 0 Å². The highest BCUT2D eigenvalue weighted by Gasteiger charge is 2.33. The second kappa shape index (κ2) is 8.41. The zero-order valence-corrected chi connectivity index (χ0v) is 16.9. The van der Waals surface area contributed by atoms with Crippen LogP contribution in [-0.4, -0.2) is 22.2 Å². The highest BCUT2D eigenvalue weighted by Crippen LogP contribution is 2.30. The normalized spacial score (nSPS) is 12.5. The molecule has 2 heterocycles. The second-order valence-corrected chi connectivity index (χ2v) is 7.08. The summed E-state index contributed by atoms with van der Waals surface area (Å²) >= 11 is 0. The van der Waals surface area contributed by atoms with E-state index in [1.54, 1.807) is 19.1 Å². The average molecular weight is 461 g/mol. The first kappa shape index (κ1) is 22.1. The number of oxazole rings is 1. The third-order valence-corrected chi connectivity index (χ3v) is 4.79. The molecule has 0 radical (unpaired) electrons. The molecular weight excluding hydrogens is 446 g/mol. The Morgan fingerprint density at radius 1 is 1.18 bits per heavy atom. The predicted molar refractivity (Wildman–Crippen MR) is 108 cm³/mol. The average Bonchev–Trinajstić information content (AvgIpc) is 3.12. The summed E-state index contributed by atoms with van der Waals surface area (Å²) in [4.78, 5) is 31.0. The maximum absolute atomic E-state index is 14.4. The zero-order chi connectivity index (χ0) is 23.8. The molecule has 2 N–H and O–H groups in total. The summed E-state index contributed by atoms with van der Waals surface area (Å²) in [6.45, 7) is 1.72. The number of carbonyl (C=O) groups excluding carboxylic acids is 1. The molecule has 0 saturated carbocycles. The topological polar surface area (TPSA) is 97.2 Å². The number of ether oxygens (including phenoxy) is 1. The van der Waals surface area contributed by atoms with Crippen molar-refractivity contribution in [2.45, 2.75) is 19.3 Å². The molecule has 0 saturated heterocycles. The van der Waals surface area contributed by atoms with Crippen molar-refractivity contribution in [3.8, 4) is 5.75 Å². The van der Waals surface area contributed by atoms with Crippen LogP contribution in [0.3, 0.4) is 0 Å². The fourth-order valence-corrected chi connectivity index (χ4v) is 3.32. The number of aromatic nitrogens is 2. The Labute approximate surface area is 183 Å². The number of pyridine rings is 1. The SMILES string of the molecule is Cc1cccnc1C(NC(=O)c1ccc2oc(=O)[nH]c2c1)c1ccc(OC(F)(F)F)c(F)c1. The van der Waals surface area contributed by atoms with Gasteiger partial charge in [-0.05, 0) is 54.4 Å². The van der Waals surface area contributed by atoms with Crippen LogP contribution in [0.25, 0.3) is 11.1 Å². The van der Waals surface area contributed by atoms with Gasteiger partial charge >= 0.3 is 12.1 Å². The van der Waals surface area contributed by atoms with Gasteiger partial charge in [0.2, 0.25) is 0 Å². The van der Waals surface area contributed by atoms with Crippen molar-refractivity contribution in [3.63, 3.8) is 0 Å². The Morgan fingerprint density at radius 2 is 1.97 bits per heavy atom. The van der Waals surface area contributed by atoms with Gasteiger partial charge in [-0.2, -0.15) is 0 Å². The molecule has 4 aromatic rings. The number of H-pyrrole nitrogens is 1. The standard InChI is InChI=1S/C22H15F4N3O4/c1-11-3-2-8-27-18(11)19(12-4-6-16(14(23)9-12)33-22(24,25)26)29-20(30)13-5-7-17-15(10-13)28-21(31)32-17/h2-10,19H,1H3,(H,28,31)(H,29,30). The summed E-state index contributed by atoms with van der Waals surface area (Å²) in [6, 6.07) is 9.55. The van der Waals surface area contributed by atoms with Crippen molar-refractivity contribution < 1.29 is 31.5 Å². The molecule has 33 heavy (non-hydrogen) atoms. The molecule has 0 aliphatic rings. The number of rotatable bonds is 5. The van der Waals surface area contributed by atoms with Crippen molar-refractivity contribution in [3.05, 3.63) is 93.5 Å². The minimum absolute atomic E-state index is 0.148. The predicted octanol–water partition coefficient (Wildman–Crippen LogP) is 4.38. The molecule has 1 amide bonds. The second-order valence-electron chi connectivity index (χ2n) is 7.08. The van der Waals surface area contributed by atoms with E-state index in [1.807, 2.05) is 0 Å². The minimum atomic E-state index is -5.06. The molecule has 7 nitrogen and oxygen atoms in total. The molecular formula is C22H15F4N3O4. The number of carbonyl (C=O) groups is 1. The smallest absolute Gasteiger partial charge is 0.408 e. The van der Waals surface area contributed by atoms with Gasteiger partial charge in [-0.25, -0.2) is 9.18 Å². The van der Waals surface area contributed by atoms with Gasteiger partial charge in [0.05, 0.1) is 17.3 Å². The molecule has 0 bridgehead atoms. The number of aromatic amines is 1. The summed E-state index contributed by atoms with van der Waals surface area (Å²) in [5.41, 5.74) is 1.90. The summed E-state index contributed by atoms with van der Waals surface area (Å²) in [5.74, 6) is -3.52. The zero-order valence-electron chi connectivity index (χ0n) is 16.9. The van der Waals surface area contributed by atoms with Gasteiger partial charge in [-0.15, -0.1) is 13.2 Å². The summed E-state index contributed by atoms with van der Waals surface area (Å²) in [7, 11) is 0. The number of hydrogen-bond donors (Lipinski definition) is 2. The van der Waals surface area contributed by atoms with Gasteiger partial charge < -0.3 is 14.5 Å². The molecule has 0 aliphatic heterocycles. The number of halogens is 4. The number of alkyl halides is 3. The van der Waals surface area contributed by atoms with Crippen LogP contribution in [-0.2, 0) is 0 Å². The van der Waals surface area contributed by atoms with Gasteiger partial charge in [0.15, 0.2) is 17.1 Å². The van der Waals surface area contributed by atoms with Crippen molar-refractivity contribution in [2.24, 2.45) is 0 Å². The largest absolute Gasteiger partial charge is 0.573 e. The van der Waals surface area contributed by atoms with Crippen molar-refractivity contribution >= 4 is 17.0 Å². The van der Waals surface area contributed by atoms with Crippen molar-refractivity contribution in [1.29, 1.82) is 0 Å². The maximum atomic E-state index is 14.4. The lowest BCUT2D eigenvalue weighted by Gasteiger charge is -2.21. The Bertz CT molecular complexity index is 1390. The number of aryl methyl sites for hydroxylation is 1. The number of nitrogens with one attached hydrogen (secondary N) is 2. The first-order chi connectivity index (χ1) is 15.6. The summed E-state index contributed by atoms with van der Waals surface area (Å²) < 4.78 is 60.4. The van der Waals surface area contributed by atoms with Crippen LogP contribution in [0.2, 0.25) is 0 Å². The maximum Gasteiger partial charge on any atom is 0.573 e. The van der Waals surface area contributed by atoms with E-state index in [-0.39, 0.29) is 16.7 Å². The van der Waals surface area contributed by atoms with E-state index in [0.29, 0.717) is 16.8 Å². The number of hydrogen-bond acceptors (Lipinski definition) is 5. The molecule has 170 valence electrons. The first-order valence-corrected chi connectivity index (χ1v) is 9.51. The van der Waals surface area contributed by atoms with E-state index >= 15 is 0 Å². The van der Waals surface area contributed by atoms with Crippen LogP contribution in [0.5, 0.6) is 5.75 Å². The van der Waals surface area contributed by atoms with E-state index < -0.39 is 35.6 Å². The van der Waals surface area contributed by atoms with E-state index in [9.17, 15) is 27.2 Å². The molecule has 1 unspecified atom stereocenters. The lowest BCUT2D eigenvalue weighted by atomic mass is 9.99. The van der Waals surface area contributed by atoms with E-state index in [1.165, 1.54) is 30.5 Å². The number of amides is 1. The Balaban J connectivity index is 1.71. The van der Waals surface area contributed by atoms with Gasteiger partial charge in [0.25, 0.3) is 5.91 Å². The quantitative estimate of drug-likeness (QED) is 0.430. The Morgan fingerprint density at radius 3 is 2.67 bits per heavy atom. The molecule has 11 heteroatoms. The molecule has 2 aromatic carbocycles. The van der Waals surface area contributed by atoms with Crippen LogP contribution in [0, 0.1) is 12.7 Å². The van der Waals surface area contributed by atoms with Gasteiger partial charge in [-0.1, -0.05) is 12.1 Å². The van der Waals surface area contributed by atoms with Crippen LogP contribution >= 0.6 is 0 Å². The van der Waals surface area contributed by atoms with Gasteiger partial charge in [0, 0.05) is 11.8 Å². The van der Waals surface area contributed by atoms with E-state index in [2.05, 4.69) is 20.0 Å². The van der Waals surface area contributed by atoms with Crippen LogP contribution in [0.4, 0.5) is 17.6 Å². The molecule has 2 aromatic heterocycles. The third-order valence-electron chi connectivity index (χ3n) is 4.79. The molecule has 0 fully saturated rings. The molecule has 1 atom stereocenters. The van der Waals surface area contributed by atoms with Crippen LogP contribution in [0.15, 0.2) is 63.9 Å². The van der Waals surface area contributed by atoms with E-state index in [4.69, 9.17) is 4.42 Å².